The van der Waals surface area contributed by atoms with E-state index in [2.05, 4.69) is 10.1 Å². The number of hydrazone groups is 1. The molecule has 0 spiro atoms. The van der Waals surface area contributed by atoms with Crippen molar-refractivity contribution in [1.82, 2.24) is 4.98 Å². The maximum Gasteiger partial charge on any atom is 0.453 e. The van der Waals surface area contributed by atoms with Gasteiger partial charge >= 0.3 is 6.18 Å². The summed E-state index contributed by atoms with van der Waals surface area (Å²) >= 11 is 0. The number of hydrogen-bond acceptors (Lipinski definition) is 2. The molecule has 1 aromatic heterocycles. The highest BCUT2D eigenvalue weighted by molar-refractivity contribution is 6.12. The molecular formula is C10H6F3N3. The molecule has 0 amide bonds. The molecule has 16 heavy (non-hydrogen) atoms. The molecule has 0 saturated heterocycles. The number of hydrogen-bond donors (Lipinski definition) is 1. The van der Waals surface area contributed by atoms with E-state index < -0.39 is 12.0 Å². The molecule has 82 valence electrons. The van der Waals surface area contributed by atoms with Crippen LogP contribution in [0, 0.1) is 0 Å². The van der Waals surface area contributed by atoms with Crippen LogP contribution in [-0.2, 0) is 0 Å². The summed E-state index contributed by atoms with van der Waals surface area (Å²) in [6, 6.07) is 8.91. The summed E-state index contributed by atoms with van der Waals surface area (Å²) in [4.78, 5) is 2.87. The average Bonchev–Trinajstić information content (AvgIpc) is 2.91. The zero-order valence-corrected chi connectivity index (χ0v) is 7.92. The molecule has 2 aromatic rings. The van der Waals surface area contributed by atoms with E-state index in [9.17, 15) is 13.2 Å². The SMILES string of the molecule is FC(F)(F)C1=NN1c1cc2ccccc2[nH]1. The Morgan fingerprint density at radius 3 is 2.56 bits per heavy atom. The first kappa shape index (κ1) is 9.26. The molecule has 3 nitrogen and oxygen atoms in total. The Hall–Kier alpha value is -1.98. The molecule has 0 atom stereocenters. The fraction of sp³-hybridized carbons (Fsp3) is 0.100. The third-order valence-corrected chi connectivity index (χ3v) is 2.35. The smallest absolute Gasteiger partial charge is 0.340 e. The summed E-state index contributed by atoms with van der Waals surface area (Å²) in [5.74, 6) is -0.521. The van der Waals surface area contributed by atoms with Crippen LogP contribution in [0.3, 0.4) is 0 Å². The minimum atomic E-state index is -4.38. The fourth-order valence-corrected chi connectivity index (χ4v) is 1.59. The number of aromatic amines is 1. The number of fused-ring (bicyclic) bond motifs is 1. The fourth-order valence-electron chi connectivity index (χ4n) is 1.59. The predicted octanol–water partition coefficient (Wildman–Crippen LogP) is 2.86. The summed E-state index contributed by atoms with van der Waals surface area (Å²) < 4.78 is 36.7. The van der Waals surface area contributed by atoms with Gasteiger partial charge in [-0.05, 0) is 12.1 Å². The summed E-state index contributed by atoms with van der Waals surface area (Å²) in [6.45, 7) is 0. The van der Waals surface area contributed by atoms with Crippen molar-refractivity contribution >= 4 is 22.6 Å². The number of benzene rings is 1. The van der Waals surface area contributed by atoms with E-state index in [4.69, 9.17) is 0 Å². The van der Waals surface area contributed by atoms with E-state index in [1.807, 2.05) is 18.2 Å². The van der Waals surface area contributed by atoms with Crippen LogP contribution in [0.4, 0.5) is 19.0 Å². The van der Waals surface area contributed by atoms with Crippen LogP contribution in [-0.4, -0.2) is 17.0 Å². The van der Waals surface area contributed by atoms with E-state index in [0.717, 1.165) is 15.9 Å². The van der Waals surface area contributed by atoms with Crippen molar-refractivity contribution in [3.8, 4) is 0 Å². The Kier molecular flexibility index (Phi) is 1.61. The molecular weight excluding hydrogens is 219 g/mol. The van der Waals surface area contributed by atoms with Gasteiger partial charge in [0.2, 0.25) is 0 Å². The predicted molar refractivity (Wildman–Crippen MR) is 54.3 cm³/mol. The van der Waals surface area contributed by atoms with E-state index in [0.29, 0.717) is 5.82 Å². The van der Waals surface area contributed by atoms with Crippen LogP contribution < -0.4 is 5.01 Å². The molecule has 0 unspecified atom stereocenters. The van der Waals surface area contributed by atoms with Gasteiger partial charge in [0.1, 0.15) is 5.82 Å². The molecule has 6 heteroatoms. The standard InChI is InChI=1S/C10H6F3N3/c11-10(12,13)9-15-16(9)8-5-6-3-1-2-4-7(6)14-8/h1-5,14H. The van der Waals surface area contributed by atoms with Crippen molar-refractivity contribution < 1.29 is 13.2 Å². The molecule has 1 N–H and O–H groups in total. The number of alkyl halides is 3. The number of halogens is 3. The van der Waals surface area contributed by atoms with Crippen molar-refractivity contribution in [2.45, 2.75) is 6.18 Å². The van der Waals surface area contributed by atoms with Crippen molar-refractivity contribution in [2.75, 3.05) is 5.01 Å². The molecule has 0 saturated carbocycles. The number of aromatic nitrogens is 1. The number of nitrogens with zero attached hydrogens (tertiary/aromatic N) is 2. The molecule has 0 radical (unpaired) electrons. The van der Waals surface area contributed by atoms with Crippen molar-refractivity contribution in [3.63, 3.8) is 0 Å². The molecule has 1 aliphatic rings. The van der Waals surface area contributed by atoms with Gasteiger partial charge in [0.25, 0.3) is 5.84 Å². The van der Waals surface area contributed by atoms with Crippen LogP contribution in [0.15, 0.2) is 35.4 Å². The molecule has 1 aliphatic heterocycles. The second-order valence-corrected chi connectivity index (χ2v) is 3.47. The first-order chi connectivity index (χ1) is 7.55. The quantitative estimate of drug-likeness (QED) is 0.794. The zero-order valence-electron chi connectivity index (χ0n) is 7.92. The van der Waals surface area contributed by atoms with Gasteiger partial charge in [0.15, 0.2) is 0 Å². The highest BCUT2D eigenvalue weighted by Crippen LogP contribution is 2.34. The summed E-state index contributed by atoms with van der Waals surface area (Å²) in [5, 5.41) is 5.01. The normalized spacial score (nSPS) is 15.4. The number of rotatable bonds is 1. The molecule has 0 aliphatic carbocycles. The second-order valence-electron chi connectivity index (χ2n) is 3.47. The summed E-state index contributed by atoms with van der Waals surface area (Å²) in [7, 11) is 0. The van der Waals surface area contributed by atoms with Crippen molar-refractivity contribution in [2.24, 2.45) is 5.10 Å². The first-order valence-electron chi connectivity index (χ1n) is 4.59. The van der Waals surface area contributed by atoms with E-state index in [1.54, 1.807) is 12.1 Å². The van der Waals surface area contributed by atoms with Crippen LogP contribution in [0.25, 0.3) is 10.9 Å². The lowest BCUT2D eigenvalue weighted by atomic mass is 10.2. The Bertz CT molecular complexity index is 549. The van der Waals surface area contributed by atoms with Crippen LogP contribution in [0.2, 0.25) is 0 Å². The van der Waals surface area contributed by atoms with E-state index in [-0.39, 0.29) is 0 Å². The molecule has 3 rings (SSSR count). The third kappa shape index (κ3) is 1.34. The summed E-state index contributed by atoms with van der Waals surface area (Å²) in [5.41, 5.74) is 0.793. The minimum Gasteiger partial charge on any atom is -0.340 e. The minimum absolute atomic E-state index is 0.341. The Morgan fingerprint density at radius 2 is 1.94 bits per heavy atom. The maximum atomic E-state index is 12.2. The van der Waals surface area contributed by atoms with Crippen LogP contribution >= 0.6 is 0 Å². The Labute approximate surface area is 88.2 Å². The average molecular weight is 225 g/mol. The Morgan fingerprint density at radius 1 is 1.19 bits per heavy atom. The van der Waals surface area contributed by atoms with Gasteiger partial charge < -0.3 is 4.98 Å². The highest BCUT2D eigenvalue weighted by Gasteiger charge is 2.49. The van der Waals surface area contributed by atoms with Gasteiger partial charge in [-0.15, -0.1) is 5.10 Å². The van der Waals surface area contributed by atoms with Crippen molar-refractivity contribution in [3.05, 3.63) is 30.3 Å². The van der Waals surface area contributed by atoms with E-state index in [1.165, 1.54) is 0 Å². The lowest BCUT2D eigenvalue weighted by Gasteiger charge is -2.00. The lowest BCUT2D eigenvalue weighted by molar-refractivity contribution is -0.0563. The monoisotopic (exact) mass is 225 g/mol. The van der Waals surface area contributed by atoms with Crippen LogP contribution in [0.5, 0.6) is 0 Å². The Balaban J connectivity index is 1.93. The number of para-hydroxylation sites is 1. The molecule has 1 aromatic carbocycles. The van der Waals surface area contributed by atoms with Gasteiger partial charge in [-0.3, -0.25) is 0 Å². The van der Waals surface area contributed by atoms with Gasteiger partial charge in [-0.2, -0.15) is 18.2 Å². The van der Waals surface area contributed by atoms with Crippen LogP contribution in [0.1, 0.15) is 0 Å². The van der Waals surface area contributed by atoms with Gasteiger partial charge in [0, 0.05) is 10.9 Å². The van der Waals surface area contributed by atoms with Gasteiger partial charge in [0.05, 0.1) is 0 Å². The zero-order chi connectivity index (χ0) is 11.3. The first-order valence-corrected chi connectivity index (χ1v) is 4.59. The number of amidine groups is 1. The molecule has 0 bridgehead atoms. The van der Waals surface area contributed by atoms with Gasteiger partial charge in [-0.25, -0.2) is 0 Å². The largest absolute Gasteiger partial charge is 0.453 e. The van der Waals surface area contributed by atoms with E-state index >= 15 is 0 Å². The third-order valence-electron chi connectivity index (χ3n) is 2.35. The van der Waals surface area contributed by atoms with Crippen molar-refractivity contribution in [1.29, 1.82) is 0 Å². The number of nitrogens with one attached hydrogen (secondary N) is 1. The number of anilines is 1. The molecule has 2 heterocycles. The topological polar surface area (TPSA) is 31.2 Å². The highest BCUT2D eigenvalue weighted by atomic mass is 19.4. The molecule has 0 fully saturated rings. The number of H-pyrrole nitrogens is 1. The van der Waals surface area contributed by atoms with Gasteiger partial charge in [-0.1, -0.05) is 18.2 Å². The summed E-state index contributed by atoms with van der Waals surface area (Å²) in [6.07, 6.45) is -4.38. The lowest BCUT2D eigenvalue weighted by Crippen LogP contribution is -2.22. The maximum absolute atomic E-state index is 12.2. The second kappa shape index (κ2) is 2.78.